The lowest BCUT2D eigenvalue weighted by molar-refractivity contribution is -0.115. The highest BCUT2D eigenvalue weighted by Gasteiger charge is 2.23. The van der Waals surface area contributed by atoms with E-state index in [2.05, 4.69) is 10.3 Å². The van der Waals surface area contributed by atoms with Crippen molar-refractivity contribution in [3.8, 4) is 5.75 Å². The van der Waals surface area contributed by atoms with Crippen molar-refractivity contribution >= 4 is 57.8 Å². The van der Waals surface area contributed by atoms with Gasteiger partial charge in [0.2, 0.25) is 0 Å². The molecule has 0 aliphatic carbocycles. The summed E-state index contributed by atoms with van der Waals surface area (Å²) in [5.74, 6) is 0.548. The number of aryl methyl sites for hydroxylation is 1. The number of carbonyl (C=O) groups is 1. The molecule has 3 aromatic rings. The van der Waals surface area contributed by atoms with Crippen LogP contribution in [0.15, 0.2) is 76.6 Å². The fourth-order valence-corrected chi connectivity index (χ4v) is 4.13. The second-order valence-corrected chi connectivity index (χ2v) is 8.79. The van der Waals surface area contributed by atoms with Crippen LogP contribution < -0.4 is 10.1 Å². The van der Waals surface area contributed by atoms with Gasteiger partial charge in [-0.2, -0.15) is 0 Å². The summed E-state index contributed by atoms with van der Waals surface area (Å²) in [5, 5.41) is 4.54. The van der Waals surface area contributed by atoms with Crippen LogP contribution in [0.2, 0.25) is 10.0 Å². The molecule has 1 saturated heterocycles. The largest absolute Gasteiger partial charge is 0.489 e. The minimum atomic E-state index is -0.159. The summed E-state index contributed by atoms with van der Waals surface area (Å²) in [4.78, 5) is 17.4. The SMILES string of the molecule is Cc1ccc(N=C2NC(=O)C(=Cc3ccc(OCc4ccc(Cl)cc4Cl)cc3)S2)cc1. The highest BCUT2D eigenvalue weighted by Crippen LogP contribution is 2.29. The molecule has 1 heterocycles. The molecule has 4 nitrogen and oxygen atoms in total. The summed E-state index contributed by atoms with van der Waals surface area (Å²) in [6.45, 7) is 2.36. The third-order valence-corrected chi connectivity index (χ3v) is 6.00. The molecule has 1 amide bonds. The smallest absolute Gasteiger partial charge is 0.264 e. The van der Waals surface area contributed by atoms with Crippen molar-refractivity contribution in [2.45, 2.75) is 13.5 Å². The first kappa shape index (κ1) is 21.5. The standard InChI is InChI=1S/C24H18Cl2N2O2S/c1-15-2-8-19(9-3-15)27-24-28-23(29)22(31-24)12-16-4-10-20(11-5-16)30-14-17-6-7-18(25)13-21(17)26/h2-13H,14H2,1H3,(H,27,28,29). The molecule has 1 N–H and O–H groups in total. The maximum atomic E-state index is 12.3. The number of hydrogen-bond acceptors (Lipinski definition) is 4. The van der Waals surface area contributed by atoms with E-state index in [4.69, 9.17) is 27.9 Å². The number of hydrogen-bond donors (Lipinski definition) is 1. The number of nitrogens with one attached hydrogen (secondary N) is 1. The van der Waals surface area contributed by atoms with E-state index in [1.54, 1.807) is 12.1 Å². The van der Waals surface area contributed by atoms with Crippen LogP contribution in [0.4, 0.5) is 5.69 Å². The number of halogens is 2. The van der Waals surface area contributed by atoms with E-state index in [-0.39, 0.29) is 5.91 Å². The first-order valence-corrected chi connectivity index (χ1v) is 11.1. The highest BCUT2D eigenvalue weighted by molar-refractivity contribution is 8.18. The van der Waals surface area contributed by atoms with E-state index >= 15 is 0 Å². The maximum Gasteiger partial charge on any atom is 0.264 e. The van der Waals surface area contributed by atoms with Gasteiger partial charge in [0.05, 0.1) is 10.6 Å². The number of thioether (sulfide) groups is 1. The van der Waals surface area contributed by atoms with E-state index in [1.165, 1.54) is 11.8 Å². The molecular formula is C24H18Cl2N2O2S. The van der Waals surface area contributed by atoms with Crippen molar-refractivity contribution in [1.82, 2.24) is 5.32 Å². The first-order valence-electron chi connectivity index (χ1n) is 9.49. The van der Waals surface area contributed by atoms with Crippen molar-refractivity contribution in [1.29, 1.82) is 0 Å². The lowest BCUT2D eigenvalue weighted by atomic mass is 10.2. The summed E-state index contributed by atoms with van der Waals surface area (Å²) in [6, 6.07) is 20.6. The van der Waals surface area contributed by atoms with Gasteiger partial charge in [-0.1, -0.05) is 59.1 Å². The van der Waals surface area contributed by atoms with Gasteiger partial charge >= 0.3 is 0 Å². The molecule has 1 aliphatic rings. The van der Waals surface area contributed by atoms with Gasteiger partial charge in [-0.25, -0.2) is 4.99 Å². The van der Waals surface area contributed by atoms with Crippen LogP contribution in [0, 0.1) is 6.92 Å². The molecule has 156 valence electrons. The summed E-state index contributed by atoms with van der Waals surface area (Å²) >= 11 is 13.4. The lowest BCUT2D eigenvalue weighted by Crippen LogP contribution is -2.19. The maximum absolute atomic E-state index is 12.3. The van der Waals surface area contributed by atoms with Crippen molar-refractivity contribution in [2.75, 3.05) is 0 Å². The average molecular weight is 469 g/mol. The topological polar surface area (TPSA) is 50.7 Å². The van der Waals surface area contributed by atoms with Crippen molar-refractivity contribution in [3.63, 3.8) is 0 Å². The van der Waals surface area contributed by atoms with E-state index < -0.39 is 0 Å². The van der Waals surface area contributed by atoms with Crippen LogP contribution >= 0.6 is 35.0 Å². The van der Waals surface area contributed by atoms with Gasteiger partial charge in [0.15, 0.2) is 5.17 Å². The van der Waals surface area contributed by atoms with Crippen molar-refractivity contribution in [2.24, 2.45) is 4.99 Å². The van der Waals surface area contributed by atoms with E-state index in [1.807, 2.05) is 67.6 Å². The Labute approximate surface area is 194 Å². The Morgan fingerprint density at radius 1 is 1.03 bits per heavy atom. The normalized spacial score (nSPS) is 16.0. The predicted octanol–water partition coefficient (Wildman–Crippen LogP) is 6.77. The summed E-state index contributed by atoms with van der Waals surface area (Å²) < 4.78 is 5.80. The number of ether oxygens (including phenoxy) is 1. The molecule has 4 rings (SSSR count). The summed E-state index contributed by atoms with van der Waals surface area (Å²) in [5.41, 5.74) is 3.72. The number of amides is 1. The Kier molecular flexibility index (Phi) is 6.66. The Hall–Kier alpha value is -2.73. The number of benzene rings is 3. The lowest BCUT2D eigenvalue weighted by Gasteiger charge is -2.08. The van der Waals surface area contributed by atoms with Gasteiger partial charge in [0.25, 0.3) is 5.91 Å². The molecule has 1 aliphatic heterocycles. The first-order chi connectivity index (χ1) is 15.0. The summed E-state index contributed by atoms with van der Waals surface area (Å²) in [7, 11) is 0. The zero-order chi connectivity index (χ0) is 21.8. The monoisotopic (exact) mass is 468 g/mol. The molecule has 0 atom stereocenters. The highest BCUT2D eigenvalue weighted by atomic mass is 35.5. The number of rotatable bonds is 5. The second kappa shape index (κ2) is 9.60. The molecule has 3 aromatic carbocycles. The van der Waals surface area contributed by atoms with Gasteiger partial charge in [0.1, 0.15) is 12.4 Å². The number of amidine groups is 1. The van der Waals surface area contributed by atoms with Gasteiger partial charge in [-0.05, 0) is 66.7 Å². The van der Waals surface area contributed by atoms with Crippen LogP contribution in [-0.4, -0.2) is 11.1 Å². The number of carbonyl (C=O) groups excluding carboxylic acids is 1. The van der Waals surface area contributed by atoms with Crippen LogP contribution in [0.3, 0.4) is 0 Å². The zero-order valence-corrected chi connectivity index (χ0v) is 18.9. The zero-order valence-electron chi connectivity index (χ0n) is 16.6. The Bertz CT molecular complexity index is 1170. The molecular weight excluding hydrogens is 451 g/mol. The molecule has 7 heteroatoms. The van der Waals surface area contributed by atoms with Crippen molar-refractivity contribution < 1.29 is 9.53 Å². The Morgan fingerprint density at radius 3 is 2.48 bits per heavy atom. The van der Waals surface area contributed by atoms with Crippen LogP contribution in [0.5, 0.6) is 5.75 Å². The number of aliphatic imine (C=N–C) groups is 1. The predicted molar refractivity (Wildman–Crippen MR) is 129 cm³/mol. The van der Waals surface area contributed by atoms with Gasteiger partial charge in [-0.3, -0.25) is 4.79 Å². The molecule has 0 unspecified atom stereocenters. The van der Waals surface area contributed by atoms with Crippen LogP contribution in [-0.2, 0) is 11.4 Å². The van der Waals surface area contributed by atoms with Gasteiger partial charge in [-0.15, -0.1) is 0 Å². The molecule has 0 saturated carbocycles. The number of nitrogens with zero attached hydrogens (tertiary/aromatic N) is 1. The minimum Gasteiger partial charge on any atom is -0.489 e. The molecule has 0 radical (unpaired) electrons. The van der Waals surface area contributed by atoms with Crippen LogP contribution in [0.25, 0.3) is 6.08 Å². The molecule has 31 heavy (non-hydrogen) atoms. The third kappa shape index (κ3) is 5.70. The third-order valence-electron chi connectivity index (χ3n) is 4.50. The Balaban J connectivity index is 1.40. The minimum absolute atomic E-state index is 0.159. The van der Waals surface area contributed by atoms with Crippen LogP contribution in [0.1, 0.15) is 16.7 Å². The van der Waals surface area contributed by atoms with E-state index in [0.29, 0.717) is 32.5 Å². The van der Waals surface area contributed by atoms with Gasteiger partial charge < -0.3 is 10.1 Å². The fourth-order valence-electron chi connectivity index (χ4n) is 2.83. The summed E-state index contributed by atoms with van der Waals surface area (Å²) in [6.07, 6.45) is 1.83. The quantitative estimate of drug-likeness (QED) is 0.420. The fraction of sp³-hybridized carbons (Fsp3) is 0.0833. The van der Waals surface area contributed by atoms with Gasteiger partial charge in [0, 0.05) is 15.6 Å². The average Bonchev–Trinajstić information content (AvgIpc) is 3.09. The molecule has 1 fully saturated rings. The van der Waals surface area contributed by atoms with E-state index in [0.717, 1.165) is 22.4 Å². The molecule has 0 spiro atoms. The Morgan fingerprint density at radius 2 is 1.77 bits per heavy atom. The second-order valence-electron chi connectivity index (χ2n) is 6.91. The van der Waals surface area contributed by atoms with E-state index in [9.17, 15) is 4.79 Å². The molecule has 0 bridgehead atoms. The molecule has 0 aromatic heterocycles. The van der Waals surface area contributed by atoms with Crippen molar-refractivity contribution in [3.05, 3.63) is 98.4 Å².